The lowest BCUT2D eigenvalue weighted by molar-refractivity contribution is -0.341. The van der Waals surface area contributed by atoms with Gasteiger partial charge in [0, 0.05) is 5.39 Å². The Kier molecular flexibility index (Phi) is 3.89. The highest BCUT2D eigenvalue weighted by molar-refractivity contribution is 6.15. The Morgan fingerprint density at radius 1 is 0.846 bits per heavy atom. The fourth-order valence-corrected chi connectivity index (χ4v) is 3.57. The van der Waals surface area contributed by atoms with E-state index in [1.807, 2.05) is 24.4 Å². The van der Waals surface area contributed by atoms with Crippen molar-refractivity contribution in [2.45, 2.75) is 0 Å². The molecule has 0 bridgehead atoms. The molecule has 5 nitrogen and oxygen atoms in total. The number of hydrogen-bond acceptors (Lipinski definition) is 4. The lowest BCUT2D eigenvalue weighted by Gasteiger charge is -2.10. The first-order valence-electron chi connectivity index (χ1n) is 8.01. The predicted molar refractivity (Wildman–Crippen MR) is 94.7 cm³/mol. The molecule has 26 heavy (non-hydrogen) atoms. The largest absolute Gasteiger partial charge is 1.00 e. The number of pyridine rings is 1. The minimum atomic E-state index is 0. The van der Waals surface area contributed by atoms with E-state index < -0.39 is 0 Å². The van der Waals surface area contributed by atoms with Crippen LogP contribution < -0.4 is 36.3 Å². The van der Waals surface area contributed by atoms with E-state index in [1.165, 1.54) is 0 Å². The monoisotopic (exact) mass is 369 g/mol. The van der Waals surface area contributed by atoms with E-state index in [4.69, 9.17) is 18.9 Å². The second-order valence-electron chi connectivity index (χ2n) is 5.97. The molecule has 5 rings (SSSR count). The van der Waals surface area contributed by atoms with Crippen LogP contribution in [-0.4, -0.2) is 21.0 Å². The normalized spacial score (nSPS) is 12.4. The first kappa shape index (κ1) is 16.5. The summed E-state index contributed by atoms with van der Waals surface area (Å²) in [6.07, 6.45) is 1.96. The Balaban J connectivity index is 0.00000168. The van der Waals surface area contributed by atoms with Crippen LogP contribution in [0, 0.1) is 0 Å². The first-order chi connectivity index (χ1) is 12.3. The zero-order valence-corrected chi connectivity index (χ0v) is 15.0. The van der Waals surface area contributed by atoms with E-state index in [0.717, 1.165) is 49.7 Å². The fraction of sp³-hybridized carbons (Fsp3) is 0.150. The van der Waals surface area contributed by atoms with Crippen molar-refractivity contribution in [2.24, 2.45) is 0 Å². The van der Waals surface area contributed by atoms with Crippen molar-refractivity contribution in [3.63, 3.8) is 0 Å². The molecule has 0 amide bonds. The van der Waals surface area contributed by atoms with E-state index in [2.05, 4.69) is 23.2 Å². The third-order valence-corrected chi connectivity index (χ3v) is 4.75. The number of rotatable bonds is 2. The van der Waals surface area contributed by atoms with Crippen molar-refractivity contribution in [3.8, 4) is 23.0 Å². The fourth-order valence-electron chi connectivity index (χ4n) is 3.57. The Labute approximate surface area is 155 Å². The Hall–Kier alpha value is -2.92. The molecule has 0 radical (unpaired) electrons. The SMILES string of the molecule is COc1ccc2c(c[nH+]c3c4cc5c(cc4ccc23)OCO5)c1OC.[Cl-]. The maximum atomic E-state index is 5.56. The zero-order valence-electron chi connectivity index (χ0n) is 14.3. The molecule has 0 unspecified atom stereocenters. The highest BCUT2D eigenvalue weighted by atomic mass is 35.5. The van der Waals surface area contributed by atoms with Crippen LogP contribution in [0.1, 0.15) is 0 Å². The summed E-state index contributed by atoms with van der Waals surface area (Å²) in [5.74, 6) is 3.01. The average molecular weight is 370 g/mol. The molecule has 1 aliphatic rings. The van der Waals surface area contributed by atoms with Crippen LogP contribution in [-0.2, 0) is 0 Å². The molecule has 0 atom stereocenters. The highest BCUT2D eigenvalue weighted by Gasteiger charge is 2.20. The minimum absolute atomic E-state index is 0. The number of halogens is 1. The Bertz CT molecular complexity index is 1160. The lowest BCUT2D eigenvalue weighted by atomic mass is 10.0. The van der Waals surface area contributed by atoms with Gasteiger partial charge in [-0.15, -0.1) is 0 Å². The van der Waals surface area contributed by atoms with Gasteiger partial charge in [0.15, 0.2) is 29.2 Å². The molecular weight excluding hydrogens is 354 g/mol. The van der Waals surface area contributed by atoms with Gasteiger partial charge >= 0.3 is 0 Å². The molecule has 6 heteroatoms. The van der Waals surface area contributed by atoms with Crippen LogP contribution in [0.5, 0.6) is 23.0 Å². The van der Waals surface area contributed by atoms with Crippen molar-refractivity contribution in [2.75, 3.05) is 21.0 Å². The second-order valence-corrected chi connectivity index (χ2v) is 5.97. The van der Waals surface area contributed by atoms with E-state index in [-0.39, 0.29) is 19.2 Å². The number of methoxy groups -OCH3 is 2. The molecule has 1 aromatic heterocycles. The maximum absolute atomic E-state index is 5.56. The molecule has 2 heterocycles. The number of aromatic amines is 1. The zero-order chi connectivity index (χ0) is 17.0. The van der Waals surface area contributed by atoms with Crippen molar-refractivity contribution < 1.29 is 36.3 Å². The molecule has 4 aromatic rings. The number of aromatic nitrogens is 1. The summed E-state index contributed by atoms with van der Waals surface area (Å²) in [6, 6.07) is 12.3. The Morgan fingerprint density at radius 2 is 1.62 bits per heavy atom. The third kappa shape index (κ3) is 2.21. The summed E-state index contributed by atoms with van der Waals surface area (Å²) in [6.45, 7) is 0.271. The number of benzene rings is 3. The average Bonchev–Trinajstić information content (AvgIpc) is 3.11. The summed E-state index contributed by atoms with van der Waals surface area (Å²) in [5.41, 5.74) is 1.05. The molecule has 0 spiro atoms. The first-order valence-corrected chi connectivity index (χ1v) is 8.01. The van der Waals surface area contributed by atoms with Crippen LogP contribution in [0.3, 0.4) is 0 Å². The van der Waals surface area contributed by atoms with Crippen LogP contribution in [0.2, 0.25) is 0 Å². The van der Waals surface area contributed by atoms with Crippen LogP contribution in [0.25, 0.3) is 32.4 Å². The van der Waals surface area contributed by atoms with Crippen LogP contribution in [0.15, 0.2) is 42.6 Å². The number of H-pyrrole nitrogens is 1. The highest BCUT2D eigenvalue weighted by Crippen LogP contribution is 2.41. The van der Waals surface area contributed by atoms with Gasteiger partial charge in [0.2, 0.25) is 12.3 Å². The summed E-state index contributed by atoms with van der Waals surface area (Å²) >= 11 is 0. The summed E-state index contributed by atoms with van der Waals surface area (Å²) in [7, 11) is 3.30. The quantitative estimate of drug-likeness (QED) is 0.488. The van der Waals surface area contributed by atoms with E-state index >= 15 is 0 Å². The van der Waals surface area contributed by atoms with Gasteiger partial charge in [-0.3, -0.25) is 0 Å². The topological polar surface area (TPSA) is 51.1 Å². The van der Waals surface area contributed by atoms with Crippen molar-refractivity contribution in [1.29, 1.82) is 0 Å². The molecule has 0 saturated heterocycles. The molecule has 1 aliphatic heterocycles. The van der Waals surface area contributed by atoms with Gasteiger partial charge in [-0.25, -0.2) is 4.98 Å². The molecular formula is C20H16ClNO4. The second kappa shape index (κ2) is 6.11. The number of hydrogen-bond donors (Lipinski definition) is 0. The van der Waals surface area contributed by atoms with Gasteiger partial charge in [0.05, 0.1) is 30.4 Å². The summed E-state index contributed by atoms with van der Waals surface area (Å²) in [4.78, 5) is 3.42. The van der Waals surface area contributed by atoms with Gasteiger partial charge < -0.3 is 31.4 Å². The molecule has 132 valence electrons. The molecule has 0 saturated carbocycles. The molecule has 1 N–H and O–H groups in total. The number of ether oxygens (including phenoxy) is 4. The van der Waals surface area contributed by atoms with Gasteiger partial charge in [-0.05, 0) is 35.7 Å². The van der Waals surface area contributed by atoms with Crippen molar-refractivity contribution in [1.82, 2.24) is 0 Å². The van der Waals surface area contributed by atoms with E-state index in [0.29, 0.717) is 5.75 Å². The smallest absolute Gasteiger partial charge is 0.231 e. The molecule has 0 fully saturated rings. The van der Waals surface area contributed by atoms with Crippen LogP contribution >= 0.6 is 0 Å². The van der Waals surface area contributed by atoms with Crippen molar-refractivity contribution in [3.05, 3.63) is 42.6 Å². The summed E-state index contributed by atoms with van der Waals surface area (Å²) in [5, 5.41) is 5.40. The minimum Gasteiger partial charge on any atom is -1.00 e. The Morgan fingerprint density at radius 3 is 2.38 bits per heavy atom. The lowest BCUT2D eigenvalue weighted by Crippen LogP contribution is -3.00. The summed E-state index contributed by atoms with van der Waals surface area (Å²) < 4.78 is 22.0. The maximum Gasteiger partial charge on any atom is 0.231 e. The van der Waals surface area contributed by atoms with Crippen molar-refractivity contribution >= 4 is 32.4 Å². The van der Waals surface area contributed by atoms with Gasteiger partial charge in [0.1, 0.15) is 0 Å². The van der Waals surface area contributed by atoms with E-state index in [9.17, 15) is 0 Å². The predicted octanol–water partition coefficient (Wildman–Crippen LogP) is 0.710. The van der Waals surface area contributed by atoms with Gasteiger partial charge in [-0.2, -0.15) is 0 Å². The third-order valence-electron chi connectivity index (χ3n) is 4.75. The number of nitrogens with one attached hydrogen (secondary N) is 1. The number of fused-ring (bicyclic) bond motifs is 6. The van der Waals surface area contributed by atoms with E-state index in [1.54, 1.807) is 14.2 Å². The molecule has 3 aromatic carbocycles. The van der Waals surface area contributed by atoms with Gasteiger partial charge in [-0.1, -0.05) is 6.07 Å². The van der Waals surface area contributed by atoms with Crippen LogP contribution in [0.4, 0.5) is 0 Å². The molecule has 0 aliphatic carbocycles. The standard InChI is InChI=1S/C20H15NO4.ClH/c1-22-16-6-5-12-13-4-3-11-7-17-18(25-10-24-17)8-14(11)19(13)21-9-15(12)20(16)23-2;/h3-9H,10H2,1-2H3;1H. The van der Waals surface area contributed by atoms with Gasteiger partial charge in [0.25, 0.3) is 0 Å².